The highest BCUT2D eigenvalue weighted by Crippen LogP contribution is 2.23. The molecule has 3 nitrogen and oxygen atoms in total. The molecule has 0 saturated carbocycles. The highest BCUT2D eigenvalue weighted by atomic mass is 32.2. The van der Waals surface area contributed by atoms with Gasteiger partial charge in [0, 0.05) is 5.25 Å². The molecule has 3 N–H and O–H groups in total. The number of hydrogen-bond acceptors (Lipinski definition) is 3. The number of carbonyl (C=O) groups is 1. The minimum Gasteiger partial charge on any atom is -0.397 e. The molecule has 0 heterocycles. The molecule has 0 aliphatic heterocycles. The molecule has 0 radical (unpaired) electrons. The van der Waals surface area contributed by atoms with Gasteiger partial charge in [-0.3, -0.25) is 4.79 Å². The molecule has 0 saturated heterocycles. The zero-order chi connectivity index (χ0) is 12.8. The summed E-state index contributed by atoms with van der Waals surface area (Å²) in [4.78, 5) is 11.9. The number of thioether (sulfide) groups is 1. The molecule has 94 valence electrons. The van der Waals surface area contributed by atoms with Crippen LogP contribution in [0.4, 0.5) is 11.4 Å². The number of para-hydroxylation sites is 2. The molecule has 0 fully saturated rings. The first-order valence-electron chi connectivity index (χ1n) is 5.85. The normalized spacial score (nSPS) is 14.1. The number of anilines is 2. The van der Waals surface area contributed by atoms with Gasteiger partial charge in [0.1, 0.15) is 0 Å². The van der Waals surface area contributed by atoms with Crippen molar-refractivity contribution in [1.29, 1.82) is 0 Å². The summed E-state index contributed by atoms with van der Waals surface area (Å²) in [6.07, 6.45) is 1.07. The molecule has 0 aromatic heterocycles. The second-order valence-electron chi connectivity index (χ2n) is 4.07. The van der Waals surface area contributed by atoms with E-state index in [0.29, 0.717) is 16.6 Å². The van der Waals surface area contributed by atoms with E-state index in [0.717, 1.165) is 6.42 Å². The molecule has 0 bridgehead atoms. The summed E-state index contributed by atoms with van der Waals surface area (Å²) in [6, 6.07) is 7.30. The standard InChI is InChI=1S/C13H20N2OS/c1-4-9(2)17-10(3)13(16)15-12-8-6-5-7-11(12)14/h5-10H,4,14H2,1-3H3,(H,15,16). The minimum absolute atomic E-state index is 0.00759. The number of benzene rings is 1. The smallest absolute Gasteiger partial charge is 0.237 e. The molecule has 1 aromatic carbocycles. The summed E-state index contributed by atoms with van der Waals surface area (Å²) in [7, 11) is 0. The number of nitrogens with one attached hydrogen (secondary N) is 1. The highest BCUT2D eigenvalue weighted by Gasteiger charge is 2.16. The molecule has 1 rings (SSSR count). The second-order valence-corrected chi connectivity index (χ2v) is 5.86. The van der Waals surface area contributed by atoms with Crippen molar-refractivity contribution in [2.75, 3.05) is 11.1 Å². The molecule has 2 atom stereocenters. The van der Waals surface area contributed by atoms with Crippen LogP contribution in [0.2, 0.25) is 0 Å². The minimum atomic E-state index is -0.0652. The van der Waals surface area contributed by atoms with Crippen molar-refractivity contribution in [3.8, 4) is 0 Å². The zero-order valence-electron chi connectivity index (χ0n) is 10.6. The zero-order valence-corrected chi connectivity index (χ0v) is 11.4. The molecule has 1 aromatic rings. The third kappa shape index (κ3) is 4.30. The maximum absolute atomic E-state index is 11.9. The number of nitrogen functional groups attached to an aromatic ring is 1. The fourth-order valence-electron chi connectivity index (χ4n) is 1.35. The van der Waals surface area contributed by atoms with Crippen molar-refractivity contribution in [3.05, 3.63) is 24.3 Å². The van der Waals surface area contributed by atoms with E-state index in [1.807, 2.05) is 25.1 Å². The number of nitrogens with two attached hydrogens (primary N) is 1. The fraction of sp³-hybridized carbons (Fsp3) is 0.462. The Kier molecular flexibility index (Phi) is 5.35. The third-order valence-electron chi connectivity index (χ3n) is 2.60. The molecular formula is C13H20N2OS. The molecule has 2 unspecified atom stereocenters. The quantitative estimate of drug-likeness (QED) is 0.792. The predicted octanol–water partition coefficient (Wildman–Crippen LogP) is 3.13. The van der Waals surface area contributed by atoms with Crippen molar-refractivity contribution in [2.45, 2.75) is 37.7 Å². The molecule has 17 heavy (non-hydrogen) atoms. The van der Waals surface area contributed by atoms with Gasteiger partial charge in [0.2, 0.25) is 5.91 Å². The SMILES string of the molecule is CCC(C)SC(C)C(=O)Nc1ccccc1N. The first-order chi connectivity index (χ1) is 8.04. The topological polar surface area (TPSA) is 55.1 Å². The average molecular weight is 252 g/mol. The maximum atomic E-state index is 11.9. The number of carbonyl (C=O) groups excluding carboxylic acids is 1. The molecule has 0 aliphatic rings. The Morgan fingerprint density at radius 2 is 2.06 bits per heavy atom. The Labute approximate surface area is 107 Å². The van der Waals surface area contributed by atoms with E-state index in [2.05, 4.69) is 19.2 Å². The summed E-state index contributed by atoms with van der Waals surface area (Å²) >= 11 is 1.68. The third-order valence-corrected chi connectivity index (χ3v) is 4.02. The van der Waals surface area contributed by atoms with Crippen molar-refractivity contribution >= 4 is 29.0 Å². The van der Waals surface area contributed by atoms with E-state index in [-0.39, 0.29) is 11.2 Å². The lowest BCUT2D eigenvalue weighted by atomic mass is 10.2. The van der Waals surface area contributed by atoms with Gasteiger partial charge in [-0.2, -0.15) is 0 Å². The van der Waals surface area contributed by atoms with Gasteiger partial charge in [-0.25, -0.2) is 0 Å². The lowest BCUT2D eigenvalue weighted by molar-refractivity contribution is -0.115. The number of hydrogen-bond donors (Lipinski definition) is 2. The van der Waals surface area contributed by atoms with Crippen LogP contribution in [0.1, 0.15) is 27.2 Å². The van der Waals surface area contributed by atoms with Crippen LogP contribution in [0, 0.1) is 0 Å². The number of amides is 1. The van der Waals surface area contributed by atoms with Crippen LogP contribution in [-0.2, 0) is 4.79 Å². The lowest BCUT2D eigenvalue weighted by Crippen LogP contribution is -2.24. The van der Waals surface area contributed by atoms with Gasteiger partial charge in [-0.1, -0.05) is 26.0 Å². The van der Waals surface area contributed by atoms with Crippen LogP contribution in [0.25, 0.3) is 0 Å². The average Bonchev–Trinajstić information content (AvgIpc) is 2.31. The first-order valence-corrected chi connectivity index (χ1v) is 6.79. The van der Waals surface area contributed by atoms with E-state index in [4.69, 9.17) is 5.73 Å². The van der Waals surface area contributed by atoms with Gasteiger partial charge in [0.15, 0.2) is 0 Å². The van der Waals surface area contributed by atoms with Gasteiger partial charge in [-0.15, -0.1) is 11.8 Å². The fourth-order valence-corrected chi connectivity index (χ4v) is 2.42. The summed E-state index contributed by atoms with van der Waals surface area (Å²) < 4.78 is 0. The van der Waals surface area contributed by atoms with E-state index in [9.17, 15) is 4.79 Å². The number of rotatable bonds is 5. The Morgan fingerprint density at radius 1 is 1.41 bits per heavy atom. The van der Waals surface area contributed by atoms with Gasteiger partial charge >= 0.3 is 0 Å². The van der Waals surface area contributed by atoms with Crippen molar-refractivity contribution in [1.82, 2.24) is 0 Å². The van der Waals surface area contributed by atoms with Crippen LogP contribution < -0.4 is 11.1 Å². The van der Waals surface area contributed by atoms with Gasteiger partial charge in [-0.05, 0) is 25.5 Å². The first kappa shape index (κ1) is 13.9. The summed E-state index contributed by atoms with van der Waals surface area (Å²) in [6.45, 7) is 6.17. The van der Waals surface area contributed by atoms with Gasteiger partial charge in [0.05, 0.1) is 16.6 Å². The summed E-state index contributed by atoms with van der Waals surface area (Å²) in [5, 5.41) is 3.28. The monoisotopic (exact) mass is 252 g/mol. The van der Waals surface area contributed by atoms with Crippen LogP contribution in [-0.4, -0.2) is 16.4 Å². The maximum Gasteiger partial charge on any atom is 0.237 e. The molecular weight excluding hydrogens is 232 g/mol. The molecule has 0 spiro atoms. The van der Waals surface area contributed by atoms with Crippen LogP contribution in [0.15, 0.2) is 24.3 Å². The molecule has 4 heteroatoms. The summed E-state index contributed by atoms with van der Waals surface area (Å²) in [5.74, 6) is 0.00759. The molecule has 0 aliphatic carbocycles. The van der Waals surface area contributed by atoms with E-state index in [1.54, 1.807) is 17.8 Å². The largest absolute Gasteiger partial charge is 0.397 e. The van der Waals surface area contributed by atoms with Crippen molar-refractivity contribution < 1.29 is 4.79 Å². The van der Waals surface area contributed by atoms with Crippen LogP contribution >= 0.6 is 11.8 Å². The highest BCUT2D eigenvalue weighted by molar-refractivity contribution is 8.01. The van der Waals surface area contributed by atoms with E-state index < -0.39 is 0 Å². The Balaban J connectivity index is 2.57. The van der Waals surface area contributed by atoms with Crippen molar-refractivity contribution in [3.63, 3.8) is 0 Å². The van der Waals surface area contributed by atoms with Gasteiger partial charge in [0.25, 0.3) is 0 Å². The predicted molar refractivity (Wildman–Crippen MR) is 76.3 cm³/mol. The van der Waals surface area contributed by atoms with E-state index in [1.165, 1.54) is 0 Å². The Hall–Kier alpha value is -1.16. The lowest BCUT2D eigenvalue weighted by Gasteiger charge is -2.16. The van der Waals surface area contributed by atoms with Crippen LogP contribution in [0.5, 0.6) is 0 Å². The van der Waals surface area contributed by atoms with Gasteiger partial charge < -0.3 is 11.1 Å². The van der Waals surface area contributed by atoms with E-state index >= 15 is 0 Å². The van der Waals surface area contributed by atoms with Crippen molar-refractivity contribution in [2.24, 2.45) is 0 Å². The second kappa shape index (κ2) is 6.55. The van der Waals surface area contributed by atoms with Crippen LogP contribution in [0.3, 0.4) is 0 Å². The molecule has 1 amide bonds. The Bertz CT molecular complexity index is 381. The summed E-state index contributed by atoms with van der Waals surface area (Å²) in [5.41, 5.74) is 7.06. The Morgan fingerprint density at radius 3 is 2.65 bits per heavy atom.